The molecule has 1 aromatic heterocycles. The van der Waals surface area contributed by atoms with Gasteiger partial charge in [-0.1, -0.05) is 13.8 Å². The number of hydrogen-bond acceptors (Lipinski definition) is 3. The van der Waals surface area contributed by atoms with E-state index in [9.17, 15) is 4.79 Å². The van der Waals surface area contributed by atoms with Gasteiger partial charge in [0.1, 0.15) is 5.75 Å². The van der Waals surface area contributed by atoms with E-state index in [4.69, 9.17) is 4.74 Å². The summed E-state index contributed by atoms with van der Waals surface area (Å²) in [5.41, 5.74) is 1.40. The third-order valence-electron chi connectivity index (χ3n) is 4.42. The summed E-state index contributed by atoms with van der Waals surface area (Å²) in [4.78, 5) is 16.0. The van der Waals surface area contributed by atoms with Crippen molar-refractivity contribution in [3.63, 3.8) is 0 Å². The van der Waals surface area contributed by atoms with E-state index in [1.165, 1.54) is 12.8 Å². The lowest BCUT2D eigenvalue weighted by Crippen LogP contribution is -2.29. The molecule has 1 fully saturated rings. The first-order chi connectivity index (χ1) is 10.0. The number of nitrogens with zero attached hydrogens (tertiary/aromatic N) is 1. The molecule has 0 aromatic carbocycles. The summed E-state index contributed by atoms with van der Waals surface area (Å²) in [6, 6.07) is 1.93. The van der Waals surface area contributed by atoms with Gasteiger partial charge in [-0.05, 0) is 48.6 Å². The van der Waals surface area contributed by atoms with Crippen LogP contribution >= 0.6 is 0 Å². The molecule has 1 saturated carbocycles. The topological polar surface area (TPSA) is 51.2 Å². The second-order valence-electron chi connectivity index (χ2n) is 6.60. The Bertz CT molecular complexity index is 481. The molecule has 1 aliphatic rings. The average Bonchev–Trinajstić information content (AvgIpc) is 3.30. The predicted octanol–water partition coefficient (Wildman–Crippen LogP) is 2.97. The fourth-order valence-corrected chi connectivity index (χ4v) is 2.65. The maximum absolute atomic E-state index is 11.9. The molecule has 2 rings (SSSR count). The minimum absolute atomic E-state index is 0.115. The van der Waals surface area contributed by atoms with Gasteiger partial charge in [0.05, 0.1) is 13.3 Å². The van der Waals surface area contributed by atoms with E-state index in [2.05, 4.69) is 24.1 Å². The maximum atomic E-state index is 11.9. The number of ether oxygens (including phenoxy) is 1. The Labute approximate surface area is 127 Å². The number of amides is 1. The van der Waals surface area contributed by atoms with Gasteiger partial charge in [-0.15, -0.1) is 0 Å². The molecule has 4 heteroatoms. The van der Waals surface area contributed by atoms with Gasteiger partial charge in [-0.25, -0.2) is 0 Å². The Kier molecular flexibility index (Phi) is 5.21. The highest BCUT2D eigenvalue weighted by molar-refractivity contribution is 5.76. The summed E-state index contributed by atoms with van der Waals surface area (Å²) in [6.07, 6.45) is 8.41. The molecule has 0 unspecified atom stereocenters. The number of carbonyl (C=O) groups is 1. The lowest BCUT2D eigenvalue weighted by atomic mass is 9.84. The van der Waals surface area contributed by atoms with E-state index in [0.29, 0.717) is 18.3 Å². The minimum atomic E-state index is 0.115. The minimum Gasteiger partial charge on any atom is -0.495 e. The predicted molar refractivity (Wildman–Crippen MR) is 83.2 cm³/mol. The zero-order chi connectivity index (χ0) is 15.3. The van der Waals surface area contributed by atoms with Gasteiger partial charge in [0, 0.05) is 19.2 Å². The number of pyridine rings is 1. The summed E-state index contributed by atoms with van der Waals surface area (Å²) in [5, 5.41) is 3.03. The van der Waals surface area contributed by atoms with Crippen LogP contribution in [0, 0.1) is 11.3 Å². The molecule has 21 heavy (non-hydrogen) atoms. The van der Waals surface area contributed by atoms with Crippen LogP contribution in [-0.4, -0.2) is 24.5 Å². The van der Waals surface area contributed by atoms with E-state index in [1.807, 2.05) is 6.07 Å². The Morgan fingerprint density at radius 2 is 2.19 bits per heavy atom. The highest BCUT2D eigenvalue weighted by Crippen LogP contribution is 2.46. The van der Waals surface area contributed by atoms with E-state index < -0.39 is 0 Å². The van der Waals surface area contributed by atoms with Crippen molar-refractivity contribution in [1.82, 2.24) is 10.3 Å². The van der Waals surface area contributed by atoms with Crippen molar-refractivity contribution in [2.45, 2.75) is 46.0 Å². The van der Waals surface area contributed by atoms with E-state index in [1.54, 1.807) is 19.5 Å². The zero-order valence-electron chi connectivity index (χ0n) is 13.3. The summed E-state index contributed by atoms with van der Waals surface area (Å²) in [7, 11) is 1.62. The molecule has 1 amide bonds. The molecule has 0 atom stereocenters. The smallest absolute Gasteiger partial charge is 0.220 e. The van der Waals surface area contributed by atoms with Gasteiger partial charge in [0.25, 0.3) is 0 Å². The molecule has 1 N–H and O–H groups in total. The van der Waals surface area contributed by atoms with Gasteiger partial charge < -0.3 is 10.1 Å². The summed E-state index contributed by atoms with van der Waals surface area (Å²) in [5.74, 6) is 1.71. The first-order valence-corrected chi connectivity index (χ1v) is 7.76. The van der Waals surface area contributed by atoms with Crippen LogP contribution < -0.4 is 10.1 Å². The molecule has 1 aromatic rings. The van der Waals surface area contributed by atoms with Gasteiger partial charge in [0.15, 0.2) is 0 Å². The standard InChI is InChI=1S/C17H26N2O2/c1-17(2,14-5-6-14)8-9-19-16(20)7-4-13-10-15(21-3)12-18-11-13/h10-12,14H,4-9H2,1-3H3,(H,19,20). The highest BCUT2D eigenvalue weighted by Gasteiger charge is 2.36. The molecule has 1 aliphatic carbocycles. The fourth-order valence-electron chi connectivity index (χ4n) is 2.65. The SMILES string of the molecule is COc1cncc(CCC(=O)NCCC(C)(C)C2CC2)c1. The number of rotatable bonds is 8. The molecule has 4 nitrogen and oxygen atoms in total. The van der Waals surface area contributed by atoms with Crippen LogP contribution in [0.3, 0.4) is 0 Å². The molecule has 0 aliphatic heterocycles. The van der Waals surface area contributed by atoms with Gasteiger partial charge in [-0.3, -0.25) is 9.78 Å². The molecule has 0 spiro atoms. The third-order valence-corrected chi connectivity index (χ3v) is 4.42. The number of nitrogens with one attached hydrogen (secondary N) is 1. The van der Waals surface area contributed by atoms with Crippen molar-refractivity contribution in [1.29, 1.82) is 0 Å². The van der Waals surface area contributed by atoms with E-state index in [0.717, 1.165) is 30.2 Å². The van der Waals surface area contributed by atoms with Crippen LogP contribution in [0.15, 0.2) is 18.5 Å². The van der Waals surface area contributed by atoms with Crippen LogP contribution in [-0.2, 0) is 11.2 Å². The van der Waals surface area contributed by atoms with Crippen LogP contribution in [0.25, 0.3) is 0 Å². The third kappa shape index (κ3) is 5.03. The molecule has 1 heterocycles. The number of aromatic nitrogens is 1. The number of methoxy groups -OCH3 is 1. The summed E-state index contributed by atoms with van der Waals surface area (Å²) >= 11 is 0. The normalized spacial score (nSPS) is 14.8. The lowest BCUT2D eigenvalue weighted by Gasteiger charge is -2.24. The largest absolute Gasteiger partial charge is 0.495 e. The van der Waals surface area contributed by atoms with Crippen LogP contribution in [0.1, 0.15) is 45.1 Å². The van der Waals surface area contributed by atoms with E-state index in [-0.39, 0.29) is 5.91 Å². The van der Waals surface area contributed by atoms with Crippen LogP contribution in [0.5, 0.6) is 5.75 Å². The Hall–Kier alpha value is -1.58. The monoisotopic (exact) mass is 290 g/mol. The Balaban J connectivity index is 1.67. The second kappa shape index (κ2) is 6.92. The Morgan fingerprint density at radius 1 is 1.43 bits per heavy atom. The summed E-state index contributed by atoms with van der Waals surface area (Å²) in [6.45, 7) is 5.39. The van der Waals surface area contributed by atoms with E-state index >= 15 is 0 Å². The number of aryl methyl sites for hydroxylation is 1. The lowest BCUT2D eigenvalue weighted by molar-refractivity contribution is -0.121. The molecule has 0 radical (unpaired) electrons. The van der Waals surface area contributed by atoms with Crippen molar-refractivity contribution < 1.29 is 9.53 Å². The second-order valence-corrected chi connectivity index (χ2v) is 6.60. The molecular weight excluding hydrogens is 264 g/mol. The highest BCUT2D eigenvalue weighted by atomic mass is 16.5. The van der Waals surface area contributed by atoms with Crippen molar-refractivity contribution >= 4 is 5.91 Å². The molecular formula is C17H26N2O2. The number of carbonyl (C=O) groups excluding carboxylic acids is 1. The van der Waals surface area contributed by atoms with Crippen molar-refractivity contribution in [2.75, 3.05) is 13.7 Å². The van der Waals surface area contributed by atoms with Crippen molar-refractivity contribution in [3.05, 3.63) is 24.0 Å². The van der Waals surface area contributed by atoms with Crippen molar-refractivity contribution in [3.8, 4) is 5.75 Å². The summed E-state index contributed by atoms with van der Waals surface area (Å²) < 4.78 is 5.13. The quantitative estimate of drug-likeness (QED) is 0.801. The average molecular weight is 290 g/mol. The first kappa shape index (κ1) is 15.8. The van der Waals surface area contributed by atoms with Crippen LogP contribution in [0.4, 0.5) is 0 Å². The van der Waals surface area contributed by atoms with Gasteiger partial charge in [-0.2, -0.15) is 0 Å². The van der Waals surface area contributed by atoms with Crippen LogP contribution in [0.2, 0.25) is 0 Å². The Morgan fingerprint density at radius 3 is 2.86 bits per heavy atom. The number of hydrogen-bond donors (Lipinski definition) is 1. The fraction of sp³-hybridized carbons (Fsp3) is 0.647. The molecule has 0 saturated heterocycles. The van der Waals surface area contributed by atoms with Gasteiger partial charge >= 0.3 is 0 Å². The first-order valence-electron chi connectivity index (χ1n) is 7.76. The zero-order valence-corrected chi connectivity index (χ0v) is 13.3. The van der Waals surface area contributed by atoms with Gasteiger partial charge in [0.2, 0.25) is 5.91 Å². The maximum Gasteiger partial charge on any atom is 0.220 e. The molecule has 0 bridgehead atoms. The molecule has 116 valence electrons. The van der Waals surface area contributed by atoms with Crippen molar-refractivity contribution in [2.24, 2.45) is 11.3 Å².